The first-order valence-corrected chi connectivity index (χ1v) is 9.13. The molecule has 0 saturated carbocycles. The second-order valence-electron chi connectivity index (χ2n) is 6.81. The molecule has 26 heavy (non-hydrogen) atoms. The minimum atomic E-state index is -0.227. The van der Waals surface area contributed by atoms with Gasteiger partial charge < -0.3 is 9.84 Å². The van der Waals surface area contributed by atoms with Crippen molar-refractivity contribution < 1.29 is 14.2 Å². The molecule has 1 aliphatic rings. The summed E-state index contributed by atoms with van der Waals surface area (Å²) in [6.07, 6.45) is 0.731. The largest absolute Gasteiger partial charge is 0.497 e. The Morgan fingerprint density at radius 2 is 1.92 bits per heavy atom. The van der Waals surface area contributed by atoms with E-state index in [1.807, 2.05) is 6.07 Å². The summed E-state index contributed by atoms with van der Waals surface area (Å²) in [5, 5.41) is 9.46. The predicted octanol–water partition coefficient (Wildman–Crippen LogP) is 2.90. The Morgan fingerprint density at radius 1 is 1.12 bits per heavy atom. The molecule has 1 heterocycles. The van der Waals surface area contributed by atoms with E-state index in [1.165, 1.54) is 11.6 Å². The van der Waals surface area contributed by atoms with Gasteiger partial charge in [-0.2, -0.15) is 0 Å². The van der Waals surface area contributed by atoms with Crippen LogP contribution < -0.4 is 4.74 Å². The number of benzene rings is 2. The highest BCUT2D eigenvalue weighted by atomic mass is 19.1. The lowest BCUT2D eigenvalue weighted by atomic mass is 10.1. The van der Waals surface area contributed by atoms with E-state index >= 15 is 0 Å². The lowest BCUT2D eigenvalue weighted by Crippen LogP contribution is -2.52. The van der Waals surface area contributed by atoms with E-state index in [0.717, 1.165) is 32.6 Å². The van der Waals surface area contributed by atoms with Gasteiger partial charge in [-0.25, -0.2) is 4.39 Å². The normalized spacial score (nSPS) is 18.8. The topological polar surface area (TPSA) is 35.9 Å². The Morgan fingerprint density at radius 3 is 2.62 bits per heavy atom. The van der Waals surface area contributed by atoms with Crippen LogP contribution in [0.4, 0.5) is 4.39 Å². The van der Waals surface area contributed by atoms with Gasteiger partial charge in [0, 0.05) is 57.0 Å². The molecule has 2 aromatic carbocycles. The summed E-state index contributed by atoms with van der Waals surface area (Å²) in [7, 11) is 1.54. The van der Waals surface area contributed by atoms with Crippen molar-refractivity contribution in [2.24, 2.45) is 0 Å². The smallest absolute Gasteiger partial charge is 0.131 e. The van der Waals surface area contributed by atoms with Crippen molar-refractivity contribution >= 4 is 0 Å². The number of ether oxygens (including phenoxy) is 1. The number of rotatable bonds is 7. The van der Waals surface area contributed by atoms with Crippen LogP contribution in [0.15, 0.2) is 48.5 Å². The van der Waals surface area contributed by atoms with Gasteiger partial charge in [0.2, 0.25) is 0 Å². The zero-order valence-electron chi connectivity index (χ0n) is 15.3. The number of nitrogens with zero attached hydrogens (tertiary/aromatic N) is 2. The average molecular weight is 358 g/mol. The molecule has 1 saturated heterocycles. The highest BCUT2D eigenvalue weighted by Crippen LogP contribution is 2.21. The Balaban J connectivity index is 1.63. The third kappa shape index (κ3) is 4.81. The summed E-state index contributed by atoms with van der Waals surface area (Å²) >= 11 is 0. The first kappa shape index (κ1) is 18.8. The highest BCUT2D eigenvalue weighted by Gasteiger charge is 2.27. The van der Waals surface area contributed by atoms with Crippen molar-refractivity contribution in [1.29, 1.82) is 0 Å². The van der Waals surface area contributed by atoms with Crippen LogP contribution in [0.25, 0.3) is 0 Å². The number of hydrogen-bond acceptors (Lipinski definition) is 4. The second kappa shape index (κ2) is 9.12. The molecule has 0 aromatic heterocycles. The van der Waals surface area contributed by atoms with Crippen molar-refractivity contribution in [2.45, 2.75) is 25.6 Å². The van der Waals surface area contributed by atoms with Crippen LogP contribution in [0.2, 0.25) is 0 Å². The predicted molar refractivity (Wildman–Crippen MR) is 101 cm³/mol. The zero-order valence-corrected chi connectivity index (χ0v) is 15.3. The molecule has 1 atom stereocenters. The molecule has 0 spiro atoms. The molecule has 140 valence electrons. The average Bonchev–Trinajstić information content (AvgIpc) is 2.66. The molecule has 0 aliphatic carbocycles. The molecule has 1 fully saturated rings. The molecule has 4 nitrogen and oxygen atoms in total. The maximum absolute atomic E-state index is 14.2. The lowest BCUT2D eigenvalue weighted by molar-refractivity contribution is 0.0495. The van der Waals surface area contributed by atoms with Crippen LogP contribution in [0.3, 0.4) is 0 Å². The second-order valence-corrected chi connectivity index (χ2v) is 6.81. The van der Waals surface area contributed by atoms with Crippen molar-refractivity contribution in [1.82, 2.24) is 9.80 Å². The van der Waals surface area contributed by atoms with Gasteiger partial charge >= 0.3 is 0 Å². The molecule has 1 aliphatic heterocycles. The summed E-state index contributed by atoms with van der Waals surface area (Å²) in [6.45, 7) is 4.27. The van der Waals surface area contributed by atoms with Crippen molar-refractivity contribution in [3.05, 3.63) is 65.5 Å². The van der Waals surface area contributed by atoms with E-state index in [1.54, 1.807) is 19.2 Å². The molecule has 0 amide bonds. The number of aliphatic hydroxyl groups is 1. The molecule has 0 radical (unpaired) electrons. The third-order valence-corrected chi connectivity index (χ3v) is 5.03. The number of methoxy groups -OCH3 is 1. The van der Waals surface area contributed by atoms with Crippen LogP contribution in [0.1, 0.15) is 17.5 Å². The van der Waals surface area contributed by atoms with Gasteiger partial charge in [0.1, 0.15) is 11.6 Å². The quantitative estimate of drug-likeness (QED) is 0.826. The molecule has 2 aromatic rings. The monoisotopic (exact) mass is 358 g/mol. The van der Waals surface area contributed by atoms with Gasteiger partial charge in [0.15, 0.2) is 0 Å². The van der Waals surface area contributed by atoms with Crippen LogP contribution >= 0.6 is 0 Å². The van der Waals surface area contributed by atoms with Crippen LogP contribution in [-0.4, -0.2) is 54.3 Å². The van der Waals surface area contributed by atoms with Crippen LogP contribution in [-0.2, 0) is 13.1 Å². The van der Waals surface area contributed by atoms with E-state index in [4.69, 9.17) is 4.74 Å². The standard InChI is InChI=1S/C21H27FN2O2/c1-26-20-8-7-18(21(22)13-20)15-23-10-11-24(19(16-23)9-12-25)14-17-5-3-2-4-6-17/h2-8,13,19,25H,9-12,14-16H2,1H3. The van der Waals surface area contributed by atoms with Gasteiger partial charge in [-0.1, -0.05) is 36.4 Å². The van der Waals surface area contributed by atoms with E-state index in [9.17, 15) is 9.50 Å². The number of halogens is 1. The minimum absolute atomic E-state index is 0.167. The van der Waals surface area contributed by atoms with Gasteiger partial charge in [0.05, 0.1) is 7.11 Å². The summed E-state index contributed by atoms with van der Waals surface area (Å²) in [5.74, 6) is 0.312. The van der Waals surface area contributed by atoms with Crippen molar-refractivity contribution in [2.75, 3.05) is 33.4 Å². The Bertz CT molecular complexity index is 696. The van der Waals surface area contributed by atoms with E-state index in [0.29, 0.717) is 17.9 Å². The summed E-state index contributed by atoms with van der Waals surface area (Å²) in [6, 6.07) is 15.7. The van der Waals surface area contributed by atoms with Crippen LogP contribution in [0.5, 0.6) is 5.75 Å². The summed E-state index contributed by atoms with van der Waals surface area (Å²) < 4.78 is 19.3. The molecule has 0 bridgehead atoms. The van der Waals surface area contributed by atoms with E-state index in [-0.39, 0.29) is 18.5 Å². The maximum atomic E-state index is 14.2. The third-order valence-electron chi connectivity index (χ3n) is 5.03. The number of aliphatic hydroxyl groups excluding tert-OH is 1. The van der Waals surface area contributed by atoms with Crippen molar-refractivity contribution in [3.8, 4) is 5.75 Å². The summed E-state index contributed by atoms with van der Waals surface area (Å²) in [4.78, 5) is 4.69. The Kier molecular flexibility index (Phi) is 6.61. The maximum Gasteiger partial charge on any atom is 0.131 e. The molecule has 1 unspecified atom stereocenters. The first-order valence-electron chi connectivity index (χ1n) is 9.13. The van der Waals surface area contributed by atoms with Crippen molar-refractivity contribution in [3.63, 3.8) is 0 Å². The summed E-state index contributed by atoms with van der Waals surface area (Å²) in [5.41, 5.74) is 1.97. The molecular formula is C21H27FN2O2. The highest BCUT2D eigenvalue weighted by molar-refractivity contribution is 5.29. The fourth-order valence-electron chi connectivity index (χ4n) is 3.57. The van der Waals surface area contributed by atoms with E-state index < -0.39 is 0 Å². The number of hydrogen-bond donors (Lipinski definition) is 1. The molecule has 5 heteroatoms. The molecular weight excluding hydrogens is 331 g/mol. The van der Waals surface area contributed by atoms with E-state index in [2.05, 4.69) is 34.1 Å². The Labute approximate surface area is 154 Å². The molecule has 3 rings (SSSR count). The minimum Gasteiger partial charge on any atom is -0.497 e. The van der Waals surface area contributed by atoms with Gasteiger partial charge in [-0.05, 0) is 18.1 Å². The number of piperazine rings is 1. The SMILES string of the molecule is COc1ccc(CN2CCN(Cc3ccccc3)C(CCO)C2)c(F)c1. The van der Waals surface area contributed by atoms with Crippen LogP contribution in [0, 0.1) is 5.82 Å². The zero-order chi connectivity index (χ0) is 18.4. The molecule has 1 N–H and O–H groups in total. The van der Waals surface area contributed by atoms with Gasteiger partial charge in [0.25, 0.3) is 0 Å². The fraction of sp³-hybridized carbons (Fsp3) is 0.429. The lowest BCUT2D eigenvalue weighted by Gasteiger charge is -2.41. The Hall–Kier alpha value is -1.95. The fourth-order valence-corrected chi connectivity index (χ4v) is 3.57. The first-order chi connectivity index (χ1) is 12.7. The van der Waals surface area contributed by atoms with Gasteiger partial charge in [-0.15, -0.1) is 0 Å². The van der Waals surface area contributed by atoms with Gasteiger partial charge in [-0.3, -0.25) is 9.80 Å².